The van der Waals surface area contributed by atoms with E-state index in [1.165, 1.54) is 0 Å². The Hall–Kier alpha value is -1.30. The Kier molecular flexibility index (Phi) is 9.01. The zero-order valence-electron chi connectivity index (χ0n) is 14.0. The largest absolute Gasteiger partial charge is 0.481 e. The second-order valence-corrected chi connectivity index (χ2v) is 6.44. The maximum Gasteiger partial charge on any atom is 0.315 e. The minimum atomic E-state index is -0.848. The first-order valence-corrected chi connectivity index (χ1v) is 7.62. The van der Waals surface area contributed by atoms with E-state index in [4.69, 9.17) is 5.11 Å². The Balaban J connectivity index is 3.77. The van der Waals surface area contributed by atoms with E-state index in [9.17, 15) is 9.59 Å². The number of carboxylic acid groups (broad SMARTS) is 1. The van der Waals surface area contributed by atoms with E-state index in [-0.39, 0.29) is 12.5 Å². The van der Waals surface area contributed by atoms with Crippen LogP contribution in [-0.4, -0.2) is 53.7 Å². The van der Waals surface area contributed by atoms with Crippen LogP contribution in [0.2, 0.25) is 0 Å². The van der Waals surface area contributed by atoms with Crippen molar-refractivity contribution < 1.29 is 14.7 Å². The summed E-state index contributed by atoms with van der Waals surface area (Å²) in [6.07, 6.45) is 2.43. The lowest BCUT2D eigenvalue weighted by Gasteiger charge is -2.25. The average molecular weight is 301 g/mol. The van der Waals surface area contributed by atoms with Crippen LogP contribution in [0, 0.1) is 0 Å². The molecule has 0 aliphatic carbocycles. The molecule has 124 valence electrons. The van der Waals surface area contributed by atoms with Gasteiger partial charge in [-0.05, 0) is 60.5 Å². The zero-order chi connectivity index (χ0) is 16.5. The SMILES string of the molecule is CC(C)N(C)CCCCNC(=O)NC(C)(C)CCC(=O)O. The van der Waals surface area contributed by atoms with Crippen LogP contribution in [0.1, 0.15) is 53.4 Å². The summed E-state index contributed by atoms with van der Waals surface area (Å²) in [6, 6.07) is 0.305. The van der Waals surface area contributed by atoms with Crippen LogP contribution in [0.5, 0.6) is 0 Å². The Morgan fingerprint density at radius 1 is 1.24 bits per heavy atom. The molecule has 0 fully saturated rings. The predicted octanol–water partition coefficient (Wildman–Crippen LogP) is 2.05. The van der Waals surface area contributed by atoms with Crippen LogP contribution in [0.15, 0.2) is 0 Å². The number of amides is 2. The summed E-state index contributed by atoms with van der Waals surface area (Å²) in [5, 5.41) is 14.3. The highest BCUT2D eigenvalue weighted by atomic mass is 16.4. The number of carbonyl (C=O) groups excluding carboxylic acids is 1. The van der Waals surface area contributed by atoms with Gasteiger partial charge in [0, 0.05) is 24.5 Å². The van der Waals surface area contributed by atoms with E-state index < -0.39 is 11.5 Å². The number of aliphatic carboxylic acids is 1. The van der Waals surface area contributed by atoms with Gasteiger partial charge in [0.05, 0.1) is 0 Å². The Morgan fingerprint density at radius 2 is 1.86 bits per heavy atom. The molecule has 0 rings (SSSR count). The van der Waals surface area contributed by atoms with E-state index in [0.717, 1.165) is 19.4 Å². The summed E-state index contributed by atoms with van der Waals surface area (Å²) in [5.41, 5.74) is -0.514. The molecule has 0 atom stereocenters. The van der Waals surface area contributed by atoms with Crippen molar-refractivity contribution in [3.63, 3.8) is 0 Å². The molecular formula is C15H31N3O3. The third-order valence-corrected chi connectivity index (χ3v) is 3.52. The zero-order valence-corrected chi connectivity index (χ0v) is 14.0. The number of rotatable bonds is 10. The van der Waals surface area contributed by atoms with E-state index in [2.05, 4.69) is 36.4 Å². The number of hydrogen-bond donors (Lipinski definition) is 3. The normalized spacial score (nSPS) is 11.8. The van der Waals surface area contributed by atoms with Gasteiger partial charge < -0.3 is 20.6 Å². The quantitative estimate of drug-likeness (QED) is 0.539. The topological polar surface area (TPSA) is 81.7 Å². The number of hydrogen-bond acceptors (Lipinski definition) is 3. The summed E-state index contributed by atoms with van der Waals surface area (Å²) < 4.78 is 0. The monoisotopic (exact) mass is 301 g/mol. The van der Waals surface area contributed by atoms with Gasteiger partial charge in [-0.15, -0.1) is 0 Å². The molecule has 0 heterocycles. The average Bonchev–Trinajstić information content (AvgIpc) is 2.35. The molecule has 0 bridgehead atoms. The second-order valence-electron chi connectivity index (χ2n) is 6.44. The van der Waals surface area contributed by atoms with Gasteiger partial charge in [0.25, 0.3) is 0 Å². The fourth-order valence-electron chi connectivity index (χ4n) is 1.78. The van der Waals surface area contributed by atoms with Crippen LogP contribution in [0.25, 0.3) is 0 Å². The van der Waals surface area contributed by atoms with Crippen molar-refractivity contribution in [1.29, 1.82) is 0 Å². The highest BCUT2D eigenvalue weighted by molar-refractivity contribution is 5.74. The number of carboxylic acids is 1. The Bertz CT molecular complexity index is 330. The van der Waals surface area contributed by atoms with Crippen molar-refractivity contribution in [3.8, 4) is 0 Å². The summed E-state index contributed by atoms with van der Waals surface area (Å²) in [4.78, 5) is 24.5. The molecule has 0 saturated heterocycles. The minimum Gasteiger partial charge on any atom is -0.481 e. The minimum absolute atomic E-state index is 0.0504. The lowest BCUT2D eigenvalue weighted by Crippen LogP contribution is -2.48. The molecule has 6 heteroatoms. The lowest BCUT2D eigenvalue weighted by atomic mass is 9.99. The highest BCUT2D eigenvalue weighted by Gasteiger charge is 2.21. The number of unbranched alkanes of at least 4 members (excludes halogenated alkanes) is 1. The van der Waals surface area contributed by atoms with Gasteiger partial charge in [-0.25, -0.2) is 4.79 Å². The van der Waals surface area contributed by atoms with Gasteiger partial charge in [-0.1, -0.05) is 0 Å². The molecule has 2 amide bonds. The van der Waals surface area contributed by atoms with E-state index in [1.807, 2.05) is 13.8 Å². The maximum absolute atomic E-state index is 11.7. The predicted molar refractivity (Wildman–Crippen MR) is 84.5 cm³/mol. The molecule has 0 spiro atoms. The first kappa shape index (κ1) is 19.7. The third-order valence-electron chi connectivity index (χ3n) is 3.52. The molecule has 0 aromatic carbocycles. The summed E-state index contributed by atoms with van der Waals surface area (Å²) in [6.45, 7) is 9.62. The maximum atomic E-state index is 11.7. The van der Waals surface area contributed by atoms with Crippen molar-refractivity contribution in [3.05, 3.63) is 0 Å². The molecular weight excluding hydrogens is 270 g/mol. The molecule has 0 saturated carbocycles. The van der Waals surface area contributed by atoms with Gasteiger partial charge in [0.15, 0.2) is 0 Å². The lowest BCUT2D eigenvalue weighted by molar-refractivity contribution is -0.137. The van der Waals surface area contributed by atoms with Gasteiger partial charge in [0.2, 0.25) is 0 Å². The standard InChI is InChI=1S/C15H31N3O3/c1-12(2)18(5)11-7-6-10-16-14(21)17-15(3,4)9-8-13(19)20/h12H,6-11H2,1-5H3,(H,19,20)(H2,16,17,21). The van der Waals surface area contributed by atoms with Crippen molar-refractivity contribution in [2.24, 2.45) is 0 Å². The molecule has 0 aliphatic heterocycles. The smallest absolute Gasteiger partial charge is 0.315 e. The number of carbonyl (C=O) groups is 2. The second kappa shape index (κ2) is 9.60. The first-order chi connectivity index (χ1) is 9.64. The van der Waals surface area contributed by atoms with Crippen LogP contribution in [0.3, 0.4) is 0 Å². The van der Waals surface area contributed by atoms with Crippen LogP contribution < -0.4 is 10.6 Å². The third kappa shape index (κ3) is 11.1. The van der Waals surface area contributed by atoms with Gasteiger partial charge in [0.1, 0.15) is 0 Å². The molecule has 0 aliphatic rings. The number of nitrogens with zero attached hydrogens (tertiary/aromatic N) is 1. The molecule has 0 aromatic rings. The highest BCUT2D eigenvalue weighted by Crippen LogP contribution is 2.10. The van der Waals surface area contributed by atoms with Crippen molar-refractivity contribution in [2.75, 3.05) is 20.1 Å². The molecule has 0 aromatic heterocycles. The van der Waals surface area contributed by atoms with Crippen molar-refractivity contribution >= 4 is 12.0 Å². The van der Waals surface area contributed by atoms with E-state index in [1.54, 1.807) is 0 Å². The van der Waals surface area contributed by atoms with E-state index in [0.29, 0.717) is 19.0 Å². The van der Waals surface area contributed by atoms with Gasteiger partial charge in [-0.2, -0.15) is 0 Å². The fraction of sp³-hybridized carbons (Fsp3) is 0.867. The van der Waals surface area contributed by atoms with Gasteiger partial charge >= 0.3 is 12.0 Å². The summed E-state index contributed by atoms with van der Waals surface area (Å²) in [5.74, 6) is -0.848. The van der Waals surface area contributed by atoms with Gasteiger partial charge in [-0.3, -0.25) is 4.79 Å². The fourth-order valence-corrected chi connectivity index (χ4v) is 1.78. The van der Waals surface area contributed by atoms with Crippen LogP contribution in [0.4, 0.5) is 4.79 Å². The van der Waals surface area contributed by atoms with Crippen LogP contribution >= 0.6 is 0 Å². The number of nitrogens with one attached hydrogen (secondary N) is 2. The number of urea groups is 1. The molecule has 6 nitrogen and oxygen atoms in total. The Morgan fingerprint density at radius 3 is 2.38 bits per heavy atom. The first-order valence-electron chi connectivity index (χ1n) is 7.62. The van der Waals surface area contributed by atoms with Crippen molar-refractivity contribution in [2.45, 2.75) is 65.0 Å². The molecule has 0 unspecified atom stereocenters. The van der Waals surface area contributed by atoms with Crippen LogP contribution in [-0.2, 0) is 4.79 Å². The van der Waals surface area contributed by atoms with Crippen molar-refractivity contribution in [1.82, 2.24) is 15.5 Å². The summed E-state index contributed by atoms with van der Waals surface area (Å²) >= 11 is 0. The molecule has 0 radical (unpaired) electrons. The molecule has 3 N–H and O–H groups in total. The van der Waals surface area contributed by atoms with E-state index >= 15 is 0 Å². The molecule has 21 heavy (non-hydrogen) atoms. The Labute approximate surface area is 128 Å². The summed E-state index contributed by atoms with van der Waals surface area (Å²) in [7, 11) is 2.09.